The van der Waals surface area contributed by atoms with Crippen LogP contribution in [0.3, 0.4) is 0 Å². The van der Waals surface area contributed by atoms with Crippen molar-refractivity contribution in [2.45, 2.75) is 18.2 Å². The molecule has 1 aliphatic rings. The molecule has 0 spiro atoms. The summed E-state index contributed by atoms with van der Waals surface area (Å²) in [6.45, 7) is 0.393. The molecule has 1 aliphatic heterocycles. The molecule has 4 nitrogen and oxygen atoms in total. The lowest BCUT2D eigenvalue weighted by Crippen LogP contribution is -2.29. The average Bonchev–Trinajstić information content (AvgIpc) is 3.04. The van der Waals surface area contributed by atoms with Crippen molar-refractivity contribution in [1.82, 2.24) is 5.32 Å². The van der Waals surface area contributed by atoms with Crippen molar-refractivity contribution in [2.24, 2.45) is 0 Å². The smallest absolute Gasteiger partial charge is 0.237 e. The molecule has 2 N–H and O–H groups in total. The normalized spacial score (nSPS) is 16.7. The Balaban J connectivity index is 1.70. The molecule has 3 rings (SSSR count). The number of aryl methyl sites for hydroxylation is 1. The van der Waals surface area contributed by atoms with Crippen molar-refractivity contribution in [3.63, 3.8) is 0 Å². The van der Waals surface area contributed by atoms with Gasteiger partial charge in [0.1, 0.15) is 5.25 Å². The maximum Gasteiger partial charge on any atom is 0.237 e. The van der Waals surface area contributed by atoms with Crippen LogP contribution in [0.25, 0.3) is 0 Å². The summed E-state index contributed by atoms with van der Waals surface area (Å²) < 4.78 is 5.68. The van der Waals surface area contributed by atoms with Crippen LogP contribution in [-0.4, -0.2) is 23.9 Å². The molecule has 23 heavy (non-hydrogen) atoms. The highest BCUT2D eigenvalue weighted by Crippen LogP contribution is 2.39. The van der Waals surface area contributed by atoms with E-state index in [9.17, 15) is 9.90 Å². The largest absolute Gasteiger partial charge is 0.503 e. The highest BCUT2D eigenvalue weighted by Gasteiger charge is 2.27. The summed E-state index contributed by atoms with van der Waals surface area (Å²) in [4.78, 5) is 13.8. The summed E-state index contributed by atoms with van der Waals surface area (Å²) in [5, 5.41) is 14.7. The van der Waals surface area contributed by atoms with Crippen LogP contribution in [0.5, 0.6) is 11.5 Å². The van der Waals surface area contributed by atoms with Crippen molar-refractivity contribution in [3.05, 3.63) is 44.1 Å². The van der Waals surface area contributed by atoms with Crippen LogP contribution in [0.4, 0.5) is 0 Å². The monoisotopic (exact) mass is 413 g/mol. The number of fused-ring (bicyclic) bond motifs is 1. The maximum absolute atomic E-state index is 12.5. The van der Waals surface area contributed by atoms with Crippen LogP contribution in [0.2, 0.25) is 0 Å². The molecule has 1 aromatic carbocycles. The van der Waals surface area contributed by atoms with E-state index in [1.807, 2.05) is 0 Å². The van der Waals surface area contributed by atoms with E-state index in [-0.39, 0.29) is 16.9 Å². The molecule has 0 aliphatic carbocycles. The number of phenolic OH excluding ortho intramolecular Hbond substituents is 1. The first-order valence-corrected chi connectivity index (χ1v) is 9.83. The Labute approximate surface area is 151 Å². The third-order valence-corrected chi connectivity index (χ3v) is 6.53. The van der Waals surface area contributed by atoms with Gasteiger partial charge < -0.3 is 15.2 Å². The molecule has 2 aromatic rings. The van der Waals surface area contributed by atoms with E-state index in [2.05, 4.69) is 32.7 Å². The second kappa shape index (κ2) is 7.15. The van der Waals surface area contributed by atoms with Gasteiger partial charge in [-0.2, -0.15) is 0 Å². The lowest BCUT2D eigenvalue weighted by atomic mass is 10.1. The first-order valence-electron chi connectivity index (χ1n) is 7.11. The van der Waals surface area contributed by atoms with Crippen molar-refractivity contribution in [3.8, 4) is 11.5 Å². The number of hydrogen-bond donors (Lipinski definition) is 2. The van der Waals surface area contributed by atoms with Gasteiger partial charge in [0.15, 0.2) is 11.5 Å². The molecule has 0 fully saturated rings. The topological polar surface area (TPSA) is 58.6 Å². The van der Waals surface area contributed by atoms with Gasteiger partial charge in [0, 0.05) is 11.4 Å². The summed E-state index contributed by atoms with van der Waals surface area (Å²) >= 11 is 6.71. The zero-order valence-corrected chi connectivity index (χ0v) is 15.7. The molecule has 0 bridgehead atoms. The van der Waals surface area contributed by atoms with Gasteiger partial charge in [-0.3, -0.25) is 4.79 Å². The minimum Gasteiger partial charge on any atom is -0.503 e. The first kappa shape index (κ1) is 16.7. The third-order valence-electron chi connectivity index (χ3n) is 3.69. The number of benzene rings is 1. The molecule has 0 saturated carbocycles. The Hall–Kier alpha value is -1.18. The fourth-order valence-electron chi connectivity index (χ4n) is 2.53. The Morgan fingerprint density at radius 1 is 1.52 bits per heavy atom. The first-order chi connectivity index (χ1) is 11.1. The minimum absolute atomic E-state index is 0.0255. The SMILES string of the molecule is COc1cc(CNC(=O)C2SCCc3sccc32)cc(Br)c1O. The molecule has 1 aromatic heterocycles. The van der Waals surface area contributed by atoms with Crippen LogP contribution >= 0.6 is 39.0 Å². The number of nitrogens with one attached hydrogen (secondary N) is 1. The highest BCUT2D eigenvalue weighted by molar-refractivity contribution is 9.10. The Morgan fingerprint density at radius 2 is 2.35 bits per heavy atom. The fourth-order valence-corrected chi connectivity index (χ4v) is 5.34. The molecule has 1 amide bonds. The number of aromatic hydroxyl groups is 1. The second-order valence-corrected chi connectivity index (χ2v) is 8.21. The number of halogens is 1. The van der Waals surface area contributed by atoms with Crippen LogP contribution in [0.1, 0.15) is 21.3 Å². The predicted molar refractivity (Wildman–Crippen MR) is 97.4 cm³/mol. The number of carbonyl (C=O) groups excluding carboxylic acids is 1. The van der Waals surface area contributed by atoms with Crippen LogP contribution in [0.15, 0.2) is 28.1 Å². The molecule has 2 heterocycles. The molecule has 122 valence electrons. The van der Waals surface area contributed by atoms with Gasteiger partial charge in [-0.1, -0.05) is 0 Å². The lowest BCUT2D eigenvalue weighted by Gasteiger charge is -2.21. The number of amides is 1. The summed E-state index contributed by atoms with van der Waals surface area (Å²) in [7, 11) is 1.50. The molecule has 7 heteroatoms. The van der Waals surface area contributed by atoms with E-state index < -0.39 is 0 Å². The molecule has 1 atom stereocenters. The van der Waals surface area contributed by atoms with Gasteiger partial charge in [0.05, 0.1) is 11.6 Å². The lowest BCUT2D eigenvalue weighted by molar-refractivity contribution is -0.120. The molecule has 0 radical (unpaired) electrons. The Kier molecular flexibility index (Phi) is 5.18. The number of ether oxygens (including phenoxy) is 1. The fraction of sp³-hybridized carbons (Fsp3) is 0.312. The molecular formula is C16H16BrNO3S2. The van der Waals surface area contributed by atoms with Crippen molar-refractivity contribution >= 4 is 44.9 Å². The number of phenols is 1. The van der Waals surface area contributed by atoms with Gasteiger partial charge in [-0.05, 0) is 62.8 Å². The zero-order chi connectivity index (χ0) is 16.4. The number of rotatable bonds is 4. The quantitative estimate of drug-likeness (QED) is 0.798. The van der Waals surface area contributed by atoms with Gasteiger partial charge in [-0.15, -0.1) is 23.1 Å². The van der Waals surface area contributed by atoms with E-state index in [0.717, 1.165) is 23.3 Å². The zero-order valence-electron chi connectivity index (χ0n) is 12.5. The average molecular weight is 414 g/mol. The van der Waals surface area contributed by atoms with E-state index in [1.54, 1.807) is 35.2 Å². The van der Waals surface area contributed by atoms with Crippen molar-refractivity contribution in [2.75, 3.05) is 12.9 Å². The summed E-state index contributed by atoms with van der Waals surface area (Å²) in [6, 6.07) is 5.56. The van der Waals surface area contributed by atoms with Gasteiger partial charge in [0.2, 0.25) is 5.91 Å². The summed E-state index contributed by atoms with van der Waals surface area (Å²) in [5.74, 6) is 1.45. The summed E-state index contributed by atoms with van der Waals surface area (Å²) in [5.41, 5.74) is 2.01. The standard InChI is InChI=1S/C16H16BrNO3S2/c1-21-12-7-9(6-11(17)14(12)19)8-18-16(20)15-10-2-4-22-13(10)3-5-23-15/h2,4,6-7,15,19H,3,5,8H2,1H3,(H,18,20). The predicted octanol–water partition coefficient (Wildman–Crippen LogP) is 3.87. The highest BCUT2D eigenvalue weighted by atomic mass is 79.9. The second-order valence-electron chi connectivity index (χ2n) is 5.15. The Bertz CT molecular complexity index is 732. The van der Waals surface area contributed by atoms with Crippen molar-refractivity contribution in [1.29, 1.82) is 0 Å². The minimum atomic E-state index is -0.132. The molecule has 1 unspecified atom stereocenters. The Morgan fingerprint density at radius 3 is 3.13 bits per heavy atom. The van der Waals surface area contributed by atoms with E-state index in [4.69, 9.17) is 4.74 Å². The number of methoxy groups -OCH3 is 1. The number of hydrogen-bond acceptors (Lipinski definition) is 5. The van der Waals surface area contributed by atoms with Gasteiger partial charge >= 0.3 is 0 Å². The van der Waals surface area contributed by atoms with Gasteiger partial charge in [-0.25, -0.2) is 0 Å². The van der Waals surface area contributed by atoms with Crippen molar-refractivity contribution < 1.29 is 14.6 Å². The van der Waals surface area contributed by atoms with Gasteiger partial charge in [0.25, 0.3) is 0 Å². The molecular weight excluding hydrogens is 398 g/mol. The third kappa shape index (κ3) is 3.51. The van der Waals surface area contributed by atoms with E-state index in [1.165, 1.54) is 12.0 Å². The number of carbonyl (C=O) groups is 1. The van der Waals surface area contributed by atoms with Crippen LogP contribution in [0, 0.1) is 0 Å². The van der Waals surface area contributed by atoms with E-state index >= 15 is 0 Å². The van der Waals surface area contributed by atoms with E-state index in [0.29, 0.717) is 16.8 Å². The molecule has 0 saturated heterocycles. The number of thioether (sulfide) groups is 1. The van der Waals surface area contributed by atoms with Crippen LogP contribution < -0.4 is 10.1 Å². The van der Waals surface area contributed by atoms with Crippen LogP contribution in [-0.2, 0) is 17.8 Å². The summed E-state index contributed by atoms with van der Waals surface area (Å²) in [6.07, 6.45) is 1.05. The maximum atomic E-state index is 12.5. The number of thiophene rings is 1.